The first kappa shape index (κ1) is 28.3. The topological polar surface area (TPSA) is 65.7 Å². The van der Waals surface area contributed by atoms with E-state index in [2.05, 4.69) is 73.8 Å². The van der Waals surface area contributed by atoms with Crippen LogP contribution in [-0.4, -0.2) is 23.0 Å². The quantitative estimate of drug-likeness (QED) is 0.176. The Hall–Kier alpha value is -1.72. The van der Waals surface area contributed by atoms with E-state index in [1.807, 2.05) is 44.2 Å². The zero-order valence-corrected chi connectivity index (χ0v) is 27.0. The third kappa shape index (κ3) is 6.14. The smallest absolute Gasteiger partial charge is 0.282 e. The third-order valence-corrected chi connectivity index (χ3v) is 8.59. The Bertz CT molecular complexity index is 1590. The summed E-state index contributed by atoms with van der Waals surface area (Å²) in [6, 6.07) is 13.0. The maximum Gasteiger partial charge on any atom is 0.282 e. The highest BCUT2D eigenvalue weighted by atomic mass is 79.9. The maximum absolute atomic E-state index is 13.3. The molecule has 0 unspecified atom stereocenters. The molecular weight excluding hydrogens is 757 g/mol. The highest BCUT2D eigenvalue weighted by Gasteiger charge is 2.19. The van der Waals surface area contributed by atoms with Gasteiger partial charge in [-0.05, 0) is 52.3 Å². The van der Waals surface area contributed by atoms with Gasteiger partial charge < -0.3 is 9.47 Å². The van der Waals surface area contributed by atoms with Gasteiger partial charge in [0.05, 0.1) is 24.2 Å². The van der Waals surface area contributed by atoms with Gasteiger partial charge >= 0.3 is 0 Å². The summed E-state index contributed by atoms with van der Waals surface area (Å²) in [5, 5.41) is 5.29. The molecule has 0 N–H and O–H groups in total. The SMILES string of the molecule is COc1cc(C=Nn2c(C(C)C)nc3ccc(Br)cc3c2=O)c(Br)c(Cl)c1OCc1ccc(Br)cc1Br. The summed E-state index contributed by atoms with van der Waals surface area (Å²) in [5.41, 5.74) is 1.91. The lowest BCUT2D eigenvalue weighted by Crippen LogP contribution is -2.23. The first-order chi connectivity index (χ1) is 17.6. The molecule has 0 radical (unpaired) electrons. The fourth-order valence-electron chi connectivity index (χ4n) is 3.54. The van der Waals surface area contributed by atoms with Gasteiger partial charge in [0, 0.05) is 34.9 Å². The minimum Gasteiger partial charge on any atom is -0.493 e. The molecule has 0 atom stereocenters. The van der Waals surface area contributed by atoms with Gasteiger partial charge in [0.2, 0.25) is 0 Å². The normalized spacial score (nSPS) is 11.6. The van der Waals surface area contributed by atoms with E-state index in [9.17, 15) is 4.79 Å². The second-order valence-corrected chi connectivity index (χ2v) is 12.2. The van der Waals surface area contributed by atoms with Crippen LogP contribution in [-0.2, 0) is 6.61 Å². The number of aromatic nitrogens is 2. The summed E-state index contributed by atoms with van der Waals surface area (Å²) in [5.74, 6) is 1.33. The first-order valence-electron chi connectivity index (χ1n) is 11.0. The summed E-state index contributed by atoms with van der Waals surface area (Å²) < 4.78 is 16.1. The number of rotatable bonds is 7. The van der Waals surface area contributed by atoms with Crippen molar-refractivity contribution in [1.29, 1.82) is 0 Å². The van der Waals surface area contributed by atoms with Crippen LogP contribution in [0.4, 0.5) is 0 Å². The Balaban J connectivity index is 1.73. The van der Waals surface area contributed by atoms with Crippen molar-refractivity contribution in [2.24, 2.45) is 5.10 Å². The number of nitrogens with zero attached hydrogens (tertiary/aromatic N) is 3. The molecule has 0 fully saturated rings. The number of ether oxygens (including phenoxy) is 2. The van der Waals surface area contributed by atoms with Crippen LogP contribution < -0.4 is 15.0 Å². The van der Waals surface area contributed by atoms with Gasteiger partial charge in [-0.2, -0.15) is 9.78 Å². The van der Waals surface area contributed by atoms with E-state index in [4.69, 9.17) is 21.1 Å². The molecule has 0 amide bonds. The summed E-state index contributed by atoms with van der Waals surface area (Å²) in [4.78, 5) is 18.0. The molecule has 37 heavy (non-hydrogen) atoms. The number of hydrogen-bond donors (Lipinski definition) is 0. The van der Waals surface area contributed by atoms with Crippen LogP contribution in [0.5, 0.6) is 11.5 Å². The van der Waals surface area contributed by atoms with Crippen LogP contribution in [0.3, 0.4) is 0 Å². The van der Waals surface area contributed by atoms with Crippen molar-refractivity contribution >= 4 is 92.4 Å². The highest BCUT2D eigenvalue weighted by Crippen LogP contribution is 2.42. The summed E-state index contributed by atoms with van der Waals surface area (Å²) >= 11 is 20.7. The molecule has 6 nitrogen and oxygen atoms in total. The van der Waals surface area contributed by atoms with Crippen LogP contribution in [0.1, 0.15) is 36.7 Å². The largest absolute Gasteiger partial charge is 0.493 e. The Morgan fingerprint density at radius 1 is 1.08 bits per heavy atom. The predicted octanol–water partition coefficient (Wildman–Crippen LogP) is 8.69. The lowest BCUT2D eigenvalue weighted by Gasteiger charge is -2.16. The van der Waals surface area contributed by atoms with Crippen LogP contribution in [0.25, 0.3) is 10.9 Å². The zero-order chi connectivity index (χ0) is 26.9. The molecule has 192 valence electrons. The molecular formula is C26H20Br4ClN3O3. The zero-order valence-electron chi connectivity index (χ0n) is 19.9. The van der Waals surface area contributed by atoms with Crippen molar-refractivity contribution in [2.75, 3.05) is 7.11 Å². The van der Waals surface area contributed by atoms with Gasteiger partial charge in [0.1, 0.15) is 17.5 Å². The molecule has 0 aliphatic carbocycles. The Kier molecular flexibility index (Phi) is 9.17. The van der Waals surface area contributed by atoms with E-state index >= 15 is 0 Å². The fourth-order valence-corrected chi connectivity index (χ4v) is 5.72. The van der Waals surface area contributed by atoms with Crippen molar-refractivity contribution < 1.29 is 9.47 Å². The maximum atomic E-state index is 13.3. The number of benzene rings is 3. The van der Waals surface area contributed by atoms with Crippen molar-refractivity contribution in [2.45, 2.75) is 26.4 Å². The second kappa shape index (κ2) is 12.0. The fraction of sp³-hybridized carbons (Fsp3) is 0.192. The molecule has 0 aliphatic heterocycles. The predicted molar refractivity (Wildman–Crippen MR) is 163 cm³/mol. The summed E-state index contributed by atoms with van der Waals surface area (Å²) in [6.45, 7) is 4.20. The van der Waals surface area contributed by atoms with Gasteiger partial charge in [-0.25, -0.2) is 4.98 Å². The van der Waals surface area contributed by atoms with E-state index in [0.717, 1.165) is 19.0 Å². The standard InChI is InChI=1S/C26H20Br4ClN3O3/c1-13(2)25-33-20-7-6-16(27)9-18(20)26(35)34(25)32-11-15-8-21(36-3)24(23(31)22(15)30)37-12-14-4-5-17(28)10-19(14)29/h4-11,13H,12H2,1-3H3. The molecule has 0 spiro atoms. The average molecular weight is 778 g/mol. The molecule has 0 aliphatic rings. The molecule has 0 bridgehead atoms. The van der Waals surface area contributed by atoms with E-state index in [1.165, 1.54) is 11.8 Å². The Labute approximate surface area is 252 Å². The molecule has 1 aromatic heterocycles. The van der Waals surface area contributed by atoms with E-state index in [0.29, 0.717) is 43.3 Å². The van der Waals surface area contributed by atoms with Crippen molar-refractivity contribution in [3.05, 3.63) is 92.7 Å². The molecule has 4 rings (SSSR count). The minimum absolute atomic E-state index is 0.0341. The number of methoxy groups -OCH3 is 1. The van der Waals surface area contributed by atoms with Gasteiger partial charge in [-0.3, -0.25) is 4.79 Å². The van der Waals surface area contributed by atoms with Crippen molar-refractivity contribution in [3.63, 3.8) is 0 Å². The first-order valence-corrected chi connectivity index (χ1v) is 14.5. The molecule has 1 heterocycles. The van der Waals surface area contributed by atoms with E-state index in [-0.39, 0.29) is 18.1 Å². The Morgan fingerprint density at radius 3 is 2.46 bits per heavy atom. The summed E-state index contributed by atoms with van der Waals surface area (Å²) in [6.07, 6.45) is 1.55. The number of halogens is 5. The molecule has 3 aromatic carbocycles. The highest BCUT2D eigenvalue weighted by molar-refractivity contribution is 9.11. The van der Waals surface area contributed by atoms with Crippen molar-refractivity contribution in [3.8, 4) is 11.5 Å². The third-order valence-electron chi connectivity index (χ3n) is 5.43. The molecule has 4 aromatic rings. The monoisotopic (exact) mass is 773 g/mol. The minimum atomic E-state index is -0.263. The van der Waals surface area contributed by atoms with Crippen LogP contribution in [0, 0.1) is 0 Å². The van der Waals surface area contributed by atoms with Gasteiger partial charge in [0.15, 0.2) is 11.5 Å². The van der Waals surface area contributed by atoms with Crippen molar-refractivity contribution in [1.82, 2.24) is 9.66 Å². The molecule has 0 saturated heterocycles. The molecule has 0 saturated carbocycles. The van der Waals surface area contributed by atoms with Crippen LogP contribution >= 0.6 is 75.3 Å². The lowest BCUT2D eigenvalue weighted by atomic mass is 10.2. The number of hydrogen-bond acceptors (Lipinski definition) is 5. The van der Waals surface area contributed by atoms with Crippen LogP contribution in [0.2, 0.25) is 5.02 Å². The molecule has 11 heteroatoms. The van der Waals surface area contributed by atoms with Gasteiger partial charge in [-0.1, -0.05) is 79.3 Å². The van der Waals surface area contributed by atoms with Gasteiger partial charge in [-0.15, -0.1) is 0 Å². The van der Waals surface area contributed by atoms with E-state index < -0.39 is 0 Å². The average Bonchev–Trinajstić information content (AvgIpc) is 2.86. The van der Waals surface area contributed by atoms with Gasteiger partial charge in [0.25, 0.3) is 5.56 Å². The number of fused-ring (bicyclic) bond motifs is 1. The second-order valence-electron chi connectivity index (χ2n) is 8.30. The Morgan fingerprint density at radius 2 is 1.78 bits per heavy atom. The lowest BCUT2D eigenvalue weighted by molar-refractivity contribution is 0.284. The van der Waals surface area contributed by atoms with E-state index in [1.54, 1.807) is 18.3 Å². The van der Waals surface area contributed by atoms with Crippen LogP contribution in [0.15, 0.2) is 70.3 Å². The summed E-state index contributed by atoms with van der Waals surface area (Å²) in [7, 11) is 1.54.